The number of fused-ring (bicyclic) bond motifs is 2. The third kappa shape index (κ3) is 2.49. The zero-order valence-corrected chi connectivity index (χ0v) is 12.9. The maximum absolute atomic E-state index is 12.9. The maximum Gasteiger partial charge on any atom is 0.198 e. The van der Waals surface area contributed by atoms with Crippen molar-refractivity contribution < 1.29 is 14.3 Å². The lowest BCUT2D eigenvalue weighted by atomic mass is 9.82. The van der Waals surface area contributed by atoms with Gasteiger partial charge in [0.25, 0.3) is 0 Å². The summed E-state index contributed by atoms with van der Waals surface area (Å²) in [6.45, 7) is 1.19. The molecule has 0 heterocycles. The van der Waals surface area contributed by atoms with Gasteiger partial charge in [0, 0.05) is 23.4 Å². The molecule has 0 atom stereocenters. The van der Waals surface area contributed by atoms with Gasteiger partial charge in [-0.25, -0.2) is 0 Å². The summed E-state index contributed by atoms with van der Waals surface area (Å²) in [5.41, 5.74) is 7.71. The molecule has 0 unspecified atom stereocenters. The van der Waals surface area contributed by atoms with Crippen molar-refractivity contribution in [3.8, 4) is 5.75 Å². The van der Waals surface area contributed by atoms with E-state index in [-0.39, 0.29) is 11.6 Å². The van der Waals surface area contributed by atoms with E-state index in [1.807, 2.05) is 0 Å². The molecule has 0 radical (unpaired) electrons. The first-order valence-corrected chi connectivity index (χ1v) is 7.52. The van der Waals surface area contributed by atoms with Gasteiger partial charge >= 0.3 is 0 Å². The predicted octanol–water partition coefficient (Wildman–Crippen LogP) is 2.23. The van der Waals surface area contributed by atoms with Crippen molar-refractivity contribution in [3.05, 3.63) is 58.7 Å². The van der Waals surface area contributed by atoms with Crippen LogP contribution < -0.4 is 15.8 Å². The van der Waals surface area contributed by atoms with Crippen LogP contribution in [-0.2, 0) is 0 Å². The lowest BCUT2D eigenvalue weighted by Gasteiger charge is -2.22. The lowest BCUT2D eigenvalue weighted by molar-refractivity contribution is 0.0977. The van der Waals surface area contributed by atoms with Crippen molar-refractivity contribution in [2.24, 2.45) is 5.73 Å². The van der Waals surface area contributed by atoms with Gasteiger partial charge in [-0.15, -0.1) is 0 Å². The van der Waals surface area contributed by atoms with Gasteiger partial charge in [-0.1, -0.05) is 24.3 Å². The summed E-state index contributed by atoms with van der Waals surface area (Å²) in [5, 5.41) is 3.20. The molecular weight excluding hydrogens is 292 g/mol. The number of benzene rings is 2. The monoisotopic (exact) mass is 310 g/mol. The van der Waals surface area contributed by atoms with Gasteiger partial charge in [0.05, 0.1) is 18.2 Å². The van der Waals surface area contributed by atoms with Crippen LogP contribution in [0, 0.1) is 0 Å². The highest BCUT2D eigenvalue weighted by Crippen LogP contribution is 2.37. The predicted molar refractivity (Wildman–Crippen MR) is 88.5 cm³/mol. The summed E-state index contributed by atoms with van der Waals surface area (Å²) in [6.07, 6.45) is 0.777. The second-order valence-electron chi connectivity index (χ2n) is 5.34. The van der Waals surface area contributed by atoms with Crippen LogP contribution in [0.3, 0.4) is 0 Å². The molecule has 0 amide bonds. The maximum atomic E-state index is 12.9. The van der Waals surface area contributed by atoms with E-state index in [1.54, 1.807) is 36.4 Å². The van der Waals surface area contributed by atoms with Crippen LogP contribution >= 0.6 is 0 Å². The Balaban J connectivity index is 2.16. The Morgan fingerprint density at radius 3 is 2.26 bits per heavy atom. The van der Waals surface area contributed by atoms with Crippen molar-refractivity contribution in [1.29, 1.82) is 0 Å². The summed E-state index contributed by atoms with van der Waals surface area (Å²) in [5.74, 6) is 0.0658. The van der Waals surface area contributed by atoms with Gasteiger partial charge in [0.15, 0.2) is 11.6 Å². The number of ketones is 2. The molecule has 5 heteroatoms. The minimum Gasteiger partial charge on any atom is -0.496 e. The smallest absolute Gasteiger partial charge is 0.198 e. The van der Waals surface area contributed by atoms with Gasteiger partial charge < -0.3 is 15.8 Å². The third-order valence-corrected chi connectivity index (χ3v) is 3.95. The second-order valence-corrected chi connectivity index (χ2v) is 5.34. The largest absolute Gasteiger partial charge is 0.496 e. The number of ether oxygens (including phenoxy) is 1. The Labute approximate surface area is 134 Å². The molecule has 1 aliphatic carbocycles. The van der Waals surface area contributed by atoms with E-state index in [2.05, 4.69) is 5.32 Å². The molecule has 0 spiro atoms. The molecule has 0 bridgehead atoms. The highest BCUT2D eigenvalue weighted by Gasteiger charge is 2.34. The summed E-state index contributed by atoms with van der Waals surface area (Å²) in [7, 11) is 1.50. The van der Waals surface area contributed by atoms with E-state index in [9.17, 15) is 9.59 Å². The Morgan fingerprint density at radius 2 is 1.65 bits per heavy atom. The van der Waals surface area contributed by atoms with E-state index in [0.717, 1.165) is 6.42 Å². The summed E-state index contributed by atoms with van der Waals surface area (Å²) < 4.78 is 5.31. The fourth-order valence-electron chi connectivity index (χ4n) is 2.84. The topological polar surface area (TPSA) is 81.4 Å². The lowest BCUT2D eigenvalue weighted by Crippen LogP contribution is -2.23. The first-order chi connectivity index (χ1) is 11.2. The van der Waals surface area contributed by atoms with E-state index < -0.39 is 0 Å². The standard InChI is InChI=1S/C18H18N2O3/c1-23-14-8-7-13(20-10-4-9-19)15-16(14)18(22)12-6-3-2-5-11(12)17(15)21/h2-3,5-8,20H,4,9-10,19H2,1H3. The molecule has 118 valence electrons. The highest BCUT2D eigenvalue weighted by molar-refractivity contribution is 6.31. The SMILES string of the molecule is COc1ccc(NCCCN)c2c1C(=O)c1ccccc1C2=O. The Hall–Kier alpha value is -2.66. The molecule has 23 heavy (non-hydrogen) atoms. The molecule has 3 N–H and O–H groups in total. The number of hydrogen-bond donors (Lipinski definition) is 2. The summed E-state index contributed by atoms with van der Waals surface area (Å²) in [4.78, 5) is 25.7. The van der Waals surface area contributed by atoms with Crippen LogP contribution in [0.2, 0.25) is 0 Å². The number of hydrogen-bond acceptors (Lipinski definition) is 5. The zero-order chi connectivity index (χ0) is 16.4. The first-order valence-electron chi connectivity index (χ1n) is 7.52. The summed E-state index contributed by atoms with van der Waals surface area (Å²) in [6, 6.07) is 10.4. The Morgan fingerprint density at radius 1 is 1.00 bits per heavy atom. The number of nitrogens with one attached hydrogen (secondary N) is 1. The van der Waals surface area contributed by atoms with Crippen LogP contribution in [0.5, 0.6) is 5.75 Å². The summed E-state index contributed by atoms with van der Waals surface area (Å²) >= 11 is 0. The van der Waals surface area contributed by atoms with Crippen molar-refractivity contribution in [2.75, 3.05) is 25.5 Å². The molecule has 0 aliphatic heterocycles. The van der Waals surface area contributed by atoms with Crippen molar-refractivity contribution in [1.82, 2.24) is 0 Å². The second kappa shape index (κ2) is 6.22. The third-order valence-electron chi connectivity index (χ3n) is 3.95. The number of rotatable bonds is 5. The van der Waals surface area contributed by atoms with E-state index in [0.29, 0.717) is 46.8 Å². The number of carbonyl (C=O) groups is 2. The van der Waals surface area contributed by atoms with Crippen LogP contribution in [-0.4, -0.2) is 31.8 Å². The molecule has 0 saturated carbocycles. The fraction of sp³-hybridized carbons (Fsp3) is 0.222. The van der Waals surface area contributed by atoms with Gasteiger partial charge in [-0.05, 0) is 25.1 Å². The minimum atomic E-state index is -0.186. The number of nitrogens with two attached hydrogens (primary N) is 1. The van der Waals surface area contributed by atoms with E-state index in [1.165, 1.54) is 7.11 Å². The molecular formula is C18H18N2O3. The average molecular weight is 310 g/mol. The molecule has 5 nitrogen and oxygen atoms in total. The number of methoxy groups -OCH3 is 1. The van der Waals surface area contributed by atoms with Gasteiger partial charge in [0.1, 0.15) is 5.75 Å². The number of carbonyl (C=O) groups excluding carboxylic acids is 2. The average Bonchev–Trinajstić information content (AvgIpc) is 2.59. The van der Waals surface area contributed by atoms with Gasteiger partial charge in [-0.3, -0.25) is 9.59 Å². The highest BCUT2D eigenvalue weighted by atomic mass is 16.5. The van der Waals surface area contributed by atoms with Gasteiger partial charge in [-0.2, -0.15) is 0 Å². The molecule has 2 aromatic rings. The number of anilines is 1. The fourth-order valence-corrected chi connectivity index (χ4v) is 2.84. The molecule has 1 aliphatic rings. The van der Waals surface area contributed by atoms with Crippen LogP contribution in [0.25, 0.3) is 0 Å². The normalized spacial score (nSPS) is 12.6. The zero-order valence-electron chi connectivity index (χ0n) is 12.9. The van der Waals surface area contributed by atoms with Crippen LogP contribution in [0.15, 0.2) is 36.4 Å². The quantitative estimate of drug-likeness (QED) is 0.706. The van der Waals surface area contributed by atoms with Crippen molar-refractivity contribution >= 4 is 17.3 Å². The molecule has 0 fully saturated rings. The van der Waals surface area contributed by atoms with Crippen molar-refractivity contribution in [2.45, 2.75) is 6.42 Å². The molecule has 2 aromatic carbocycles. The molecule has 0 saturated heterocycles. The Bertz CT molecular complexity index is 784. The molecule has 3 rings (SSSR count). The van der Waals surface area contributed by atoms with E-state index >= 15 is 0 Å². The van der Waals surface area contributed by atoms with Crippen LogP contribution in [0.4, 0.5) is 5.69 Å². The van der Waals surface area contributed by atoms with Crippen LogP contribution in [0.1, 0.15) is 38.3 Å². The molecule has 0 aromatic heterocycles. The van der Waals surface area contributed by atoms with E-state index in [4.69, 9.17) is 10.5 Å². The first kappa shape index (κ1) is 15.2. The van der Waals surface area contributed by atoms with Crippen molar-refractivity contribution in [3.63, 3.8) is 0 Å². The minimum absolute atomic E-state index is 0.163. The van der Waals surface area contributed by atoms with Gasteiger partial charge in [0.2, 0.25) is 0 Å². The Kier molecular flexibility index (Phi) is 4.12.